The Morgan fingerprint density at radius 3 is 3.33 bits per heavy atom. The Morgan fingerprint density at radius 2 is 2.60 bits per heavy atom. The SMILES string of the molecule is CCOC(=O)C1COCc2nc(Br)nn21. The first-order valence-electron chi connectivity index (χ1n) is 4.57. The standard InChI is InChI=1S/C8H10BrN3O3/c1-2-15-7(13)5-3-14-4-6-10-8(9)11-12(5)6/h5H,2-4H2,1H3. The lowest BCUT2D eigenvalue weighted by Gasteiger charge is -2.21. The van der Waals surface area contributed by atoms with Crippen molar-refractivity contribution < 1.29 is 14.3 Å². The van der Waals surface area contributed by atoms with E-state index in [9.17, 15) is 4.79 Å². The third kappa shape index (κ3) is 2.03. The first-order valence-corrected chi connectivity index (χ1v) is 5.37. The Balaban J connectivity index is 2.25. The van der Waals surface area contributed by atoms with Crippen molar-refractivity contribution in [3.05, 3.63) is 10.6 Å². The number of aromatic nitrogens is 3. The fourth-order valence-electron chi connectivity index (χ4n) is 1.41. The fraction of sp³-hybridized carbons (Fsp3) is 0.625. The van der Waals surface area contributed by atoms with Gasteiger partial charge in [0.25, 0.3) is 0 Å². The molecule has 0 N–H and O–H groups in total. The number of fused-ring (bicyclic) bond motifs is 1. The largest absolute Gasteiger partial charge is 0.464 e. The normalized spacial score (nSPS) is 19.7. The first kappa shape index (κ1) is 10.6. The van der Waals surface area contributed by atoms with Crippen LogP contribution in [0.3, 0.4) is 0 Å². The average Bonchev–Trinajstić information content (AvgIpc) is 2.57. The molecule has 1 aliphatic rings. The quantitative estimate of drug-likeness (QED) is 0.743. The summed E-state index contributed by atoms with van der Waals surface area (Å²) in [6, 6.07) is -0.521. The van der Waals surface area contributed by atoms with E-state index >= 15 is 0 Å². The highest BCUT2D eigenvalue weighted by molar-refractivity contribution is 9.10. The molecule has 2 rings (SSSR count). The van der Waals surface area contributed by atoms with Crippen molar-refractivity contribution in [2.75, 3.05) is 13.2 Å². The molecule has 1 atom stereocenters. The maximum absolute atomic E-state index is 11.6. The molecule has 0 radical (unpaired) electrons. The maximum Gasteiger partial charge on any atom is 0.333 e. The van der Waals surface area contributed by atoms with E-state index in [0.29, 0.717) is 23.8 Å². The lowest BCUT2D eigenvalue weighted by atomic mass is 10.3. The Morgan fingerprint density at radius 1 is 1.80 bits per heavy atom. The second-order valence-electron chi connectivity index (χ2n) is 3.02. The van der Waals surface area contributed by atoms with Gasteiger partial charge >= 0.3 is 5.97 Å². The fourth-order valence-corrected chi connectivity index (χ4v) is 1.79. The van der Waals surface area contributed by atoms with Gasteiger partial charge in [0.05, 0.1) is 13.2 Å². The number of hydrogen-bond acceptors (Lipinski definition) is 5. The molecule has 1 unspecified atom stereocenters. The van der Waals surface area contributed by atoms with Gasteiger partial charge in [-0.05, 0) is 22.9 Å². The van der Waals surface area contributed by atoms with E-state index in [0.717, 1.165) is 0 Å². The van der Waals surface area contributed by atoms with E-state index in [1.165, 1.54) is 0 Å². The summed E-state index contributed by atoms with van der Waals surface area (Å²) in [6.07, 6.45) is 0. The van der Waals surface area contributed by atoms with Crippen LogP contribution in [-0.4, -0.2) is 33.9 Å². The molecule has 1 aliphatic heterocycles. The maximum atomic E-state index is 11.6. The van der Waals surface area contributed by atoms with E-state index in [1.54, 1.807) is 11.6 Å². The summed E-state index contributed by atoms with van der Waals surface area (Å²) in [4.78, 5) is 15.6. The zero-order valence-electron chi connectivity index (χ0n) is 8.14. The number of carbonyl (C=O) groups excluding carboxylic acids is 1. The highest BCUT2D eigenvalue weighted by Gasteiger charge is 2.30. The van der Waals surface area contributed by atoms with Gasteiger partial charge in [-0.3, -0.25) is 0 Å². The Hall–Kier alpha value is -0.950. The van der Waals surface area contributed by atoms with Crippen LogP contribution in [0.25, 0.3) is 0 Å². The van der Waals surface area contributed by atoms with Crippen LogP contribution in [0, 0.1) is 0 Å². The molecule has 6 nitrogen and oxygen atoms in total. The number of esters is 1. The van der Waals surface area contributed by atoms with Crippen LogP contribution >= 0.6 is 15.9 Å². The number of halogens is 1. The minimum absolute atomic E-state index is 0.279. The van der Waals surface area contributed by atoms with Crippen LogP contribution in [0.4, 0.5) is 0 Å². The van der Waals surface area contributed by atoms with Crippen molar-refractivity contribution in [1.82, 2.24) is 14.8 Å². The van der Waals surface area contributed by atoms with Crippen molar-refractivity contribution in [3.63, 3.8) is 0 Å². The van der Waals surface area contributed by atoms with Crippen LogP contribution in [0.15, 0.2) is 4.73 Å². The lowest BCUT2D eigenvalue weighted by molar-refractivity contribution is -0.151. The average molecular weight is 276 g/mol. The monoisotopic (exact) mass is 275 g/mol. The molecule has 82 valence electrons. The Labute approximate surface area is 94.7 Å². The number of nitrogens with zero attached hydrogens (tertiary/aromatic N) is 3. The second-order valence-corrected chi connectivity index (χ2v) is 3.73. The minimum Gasteiger partial charge on any atom is -0.464 e. The van der Waals surface area contributed by atoms with Crippen LogP contribution in [-0.2, 0) is 20.9 Å². The van der Waals surface area contributed by atoms with Crippen molar-refractivity contribution in [3.8, 4) is 0 Å². The van der Waals surface area contributed by atoms with Crippen LogP contribution in [0.1, 0.15) is 18.8 Å². The number of carbonyl (C=O) groups is 1. The van der Waals surface area contributed by atoms with Gasteiger partial charge in [0.15, 0.2) is 11.9 Å². The number of hydrogen-bond donors (Lipinski definition) is 0. The van der Waals surface area contributed by atoms with Crippen molar-refractivity contribution in [1.29, 1.82) is 0 Å². The highest BCUT2D eigenvalue weighted by Crippen LogP contribution is 2.19. The van der Waals surface area contributed by atoms with E-state index in [-0.39, 0.29) is 12.6 Å². The Kier molecular flexibility index (Phi) is 3.01. The topological polar surface area (TPSA) is 66.2 Å². The molecule has 1 aromatic heterocycles. The molecule has 7 heteroatoms. The molecule has 0 fully saturated rings. The summed E-state index contributed by atoms with van der Waals surface area (Å²) in [7, 11) is 0. The third-order valence-corrected chi connectivity index (χ3v) is 2.37. The summed E-state index contributed by atoms with van der Waals surface area (Å²) in [5, 5.41) is 4.08. The zero-order valence-corrected chi connectivity index (χ0v) is 9.73. The van der Waals surface area contributed by atoms with E-state index in [2.05, 4.69) is 26.0 Å². The van der Waals surface area contributed by atoms with Gasteiger partial charge in [0.1, 0.15) is 6.61 Å². The smallest absolute Gasteiger partial charge is 0.333 e. The molecular formula is C8H10BrN3O3. The summed E-state index contributed by atoms with van der Waals surface area (Å²) in [6.45, 7) is 2.76. The van der Waals surface area contributed by atoms with Crippen LogP contribution < -0.4 is 0 Å². The van der Waals surface area contributed by atoms with Crippen molar-refractivity contribution in [2.45, 2.75) is 19.6 Å². The molecule has 0 amide bonds. The third-order valence-electron chi connectivity index (χ3n) is 2.04. The summed E-state index contributed by atoms with van der Waals surface area (Å²) < 4.78 is 12.2. The predicted molar refractivity (Wildman–Crippen MR) is 53.0 cm³/mol. The molecule has 0 spiro atoms. The molecule has 1 aromatic rings. The van der Waals surface area contributed by atoms with Gasteiger partial charge in [-0.1, -0.05) is 0 Å². The highest BCUT2D eigenvalue weighted by atomic mass is 79.9. The van der Waals surface area contributed by atoms with Gasteiger partial charge < -0.3 is 9.47 Å². The van der Waals surface area contributed by atoms with Crippen molar-refractivity contribution >= 4 is 21.9 Å². The molecule has 0 bridgehead atoms. The predicted octanol–water partition coefficient (Wildman–Crippen LogP) is 0.675. The van der Waals surface area contributed by atoms with Crippen LogP contribution in [0.2, 0.25) is 0 Å². The van der Waals surface area contributed by atoms with Gasteiger partial charge in [-0.2, -0.15) is 0 Å². The molecule has 0 aliphatic carbocycles. The first-order chi connectivity index (χ1) is 7.22. The second kappa shape index (κ2) is 4.28. The molecule has 0 saturated carbocycles. The van der Waals surface area contributed by atoms with E-state index in [4.69, 9.17) is 9.47 Å². The number of ether oxygens (including phenoxy) is 2. The lowest BCUT2D eigenvalue weighted by Crippen LogP contribution is -2.32. The summed E-state index contributed by atoms with van der Waals surface area (Å²) >= 11 is 3.16. The van der Waals surface area contributed by atoms with Crippen LogP contribution in [0.5, 0.6) is 0 Å². The molecule has 15 heavy (non-hydrogen) atoms. The molecular weight excluding hydrogens is 266 g/mol. The summed E-state index contributed by atoms with van der Waals surface area (Å²) in [5.74, 6) is 0.294. The van der Waals surface area contributed by atoms with Gasteiger partial charge in [-0.25, -0.2) is 14.5 Å². The van der Waals surface area contributed by atoms with Gasteiger partial charge in [-0.15, -0.1) is 5.10 Å². The zero-order chi connectivity index (χ0) is 10.8. The minimum atomic E-state index is -0.521. The van der Waals surface area contributed by atoms with E-state index in [1.807, 2.05) is 0 Å². The molecule has 2 heterocycles. The summed E-state index contributed by atoms with van der Waals surface area (Å²) in [5.41, 5.74) is 0. The van der Waals surface area contributed by atoms with Crippen molar-refractivity contribution in [2.24, 2.45) is 0 Å². The van der Waals surface area contributed by atoms with E-state index < -0.39 is 6.04 Å². The Bertz CT molecular complexity index is 379. The van der Waals surface area contributed by atoms with Gasteiger partial charge in [0.2, 0.25) is 4.73 Å². The number of rotatable bonds is 2. The van der Waals surface area contributed by atoms with Gasteiger partial charge in [0, 0.05) is 0 Å². The molecule has 0 aromatic carbocycles. The molecule has 0 saturated heterocycles.